The van der Waals surface area contributed by atoms with Crippen molar-refractivity contribution in [3.05, 3.63) is 28.0 Å². The van der Waals surface area contributed by atoms with Crippen molar-refractivity contribution in [3.63, 3.8) is 0 Å². The Morgan fingerprint density at radius 2 is 2.13 bits per heavy atom. The van der Waals surface area contributed by atoms with E-state index >= 15 is 0 Å². The van der Waals surface area contributed by atoms with Gasteiger partial charge in [0.2, 0.25) is 0 Å². The molecular weight excluding hydrogens is 243 g/mol. The molecule has 15 heavy (non-hydrogen) atoms. The number of hydrogen-bond acceptors (Lipinski definition) is 3. The summed E-state index contributed by atoms with van der Waals surface area (Å²) in [6.07, 6.45) is 1.25. The number of carbonyl (C=O) groups is 2. The Balaban J connectivity index is 2.78. The van der Waals surface area contributed by atoms with Crippen LogP contribution in [0.15, 0.2) is 12.3 Å². The number of aromatic nitrogens is 1. The summed E-state index contributed by atoms with van der Waals surface area (Å²) in [6.45, 7) is -0.487. The van der Waals surface area contributed by atoms with E-state index in [4.69, 9.17) is 28.3 Å². The fourth-order valence-electron chi connectivity index (χ4n) is 0.821. The third-order valence-corrected chi connectivity index (χ3v) is 1.92. The largest absolute Gasteiger partial charge is 0.480 e. The minimum atomic E-state index is -1.14. The summed E-state index contributed by atoms with van der Waals surface area (Å²) in [5.41, 5.74) is -0.0534. The molecule has 1 amide bonds. The fourth-order valence-corrected chi connectivity index (χ4v) is 1.29. The second-order valence-electron chi connectivity index (χ2n) is 2.56. The Hall–Kier alpha value is -1.33. The first-order valence-electron chi connectivity index (χ1n) is 3.81. The monoisotopic (exact) mass is 248 g/mol. The van der Waals surface area contributed by atoms with E-state index in [1.165, 1.54) is 12.3 Å². The molecule has 0 spiro atoms. The van der Waals surface area contributed by atoms with Gasteiger partial charge in [0.05, 0.1) is 10.0 Å². The van der Waals surface area contributed by atoms with E-state index in [-0.39, 0.29) is 10.7 Å². The highest BCUT2D eigenvalue weighted by atomic mass is 35.5. The molecule has 0 fully saturated rings. The Labute approximate surface area is 95.0 Å². The lowest BCUT2D eigenvalue weighted by Crippen LogP contribution is -2.30. The molecule has 0 saturated carbocycles. The molecule has 80 valence electrons. The van der Waals surface area contributed by atoms with Crippen LogP contribution in [-0.2, 0) is 4.79 Å². The maximum absolute atomic E-state index is 11.3. The van der Waals surface area contributed by atoms with Crippen molar-refractivity contribution in [1.29, 1.82) is 0 Å². The van der Waals surface area contributed by atoms with Crippen LogP contribution in [-0.4, -0.2) is 28.5 Å². The Morgan fingerprint density at radius 3 is 2.67 bits per heavy atom. The van der Waals surface area contributed by atoms with Crippen molar-refractivity contribution in [3.8, 4) is 0 Å². The highest BCUT2D eigenvalue weighted by molar-refractivity contribution is 6.36. The van der Waals surface area contributed by atoms with Crippen LogP contribution >= 0.6 is 23.2 Å². The molecule has 0 atom stereocenters. The lowest BCUT2D eigenvalue weighted by molar-refractivity contribution is -0.135. The van der Waals surface area contributed by atoms with Gasteiger partial charge in [-0.1, -0.05) is 23.2 Å². The van der Waals surface area contributed by atoms with Crippen molar-refractivity contribution in [2.75, 3.05) is 6.54 Å². The van der Waals surface area contributed by atoms with E-state index in [0.29, 0.717) is 5.02 Å². The van der Waals surface area contributed by atoms with E-state index in [2.05, 4.69) is 10.3 Å². The van der Waals surface area contributed by atoms with E-state index in [1.807, 2.05) is 0 Å². The van der Waals surface area contributed by atoms with Gasteiger partial charge in [-0.15, -0.1) is 0 Å². The Morgan fingerprint density at radius 1 is 1.47 bits per heavy atom. The van der Waals surface area contributed by atoms with Crippen LogP contribution in [0.1, 0.15) is 10.5 Å². The molecule has 5 nitrogen and oxygen atoms in total. The van der Waals surface area contributed by atoms with Crippen LogP contribution in [0.3, 0.4) is 0 Å². The summed E-state index contributed by atoms with van der Waals surface area (Å²) >= 11 is 11.3. The van der Waals surface area contributed by atoms with Gasteiger partial charge < -0.3 is 10.4 Å². The van der Waals surface area contributed by atoms with Crippen LogP contribution < -0.4 is 5.32 Å². The number of rotatable bonds is 3. The zero-order valence-corrected chi connectivity index (χ0v) is 8.84. The Kier molecular flexibility index (Phi) is 3.88. The lowest BCUT2D eigenvalue weighted by Gasteiger charge is -2.03. The number of nitrogens with zero attached hydrogens (tertiary/aromatic N) is 1. The predicted octanol–water partition coefficient (Wildman–Crippen LogP) is 1.20. The summed E-state index contributed by atoms with van der Waals surface area (Å²) in [5.74, 6) is -1.80. The summed E-state index contributed by atoms with van der Waals surface area (Å²) < 4.78 is 0. The first-order valence-corrected chi connectivity index (χ1v) is 4.57. The number of halogens is 2. The van der Waals surface area contributed by atoms with Crippen LogP contribution in [0.4, 0.5) is 0 Å². The maximum Gasteiger partial charge on any atom is 0.322 e. The molecule has 0 aliphatic carbocycles. The van der Waals surface area contributed by atoms with Gasteiger partial charge in [-0.2, -0.15) is 0 Å². The highest BCUT2D eigenvalue weighted by Crippen LogP contribution is 2.17. The molecule has 0 unspecified atom stereocenters. The number of pyridine rings is 1. The van der Waals surface area contributed by atoms with E-state index in [0.717, 1.165) is 0 Å². The first kappa shape index (κ1) is 11.7. The molecule has 2 N–H and O–H groups in total. The highest BCUT2D eigenvalue weighted by Gasteiger charge is 2.12. The van der Waals surface area contributed by atoms with Crippen LogP contribution in [0.25, 0.3) is 0 Å². The standard InChI is InChI=1S/C8H6Cl2N2O3/c9-4-1-5(10)7(11-2-4)8(15)12-3-6(13)14/h1-2H,3H2,(H,12,15)(H,13,14). The van der Waals surface area contributed by atoms with Gasteiger partial charge in [-0.3, -0.25) is 9.59 Å². The van der Waals surface area contributed by atoms with Crippen molar-refractivity contribution in [1.82, 2.24) is 10.3 Å². The van der Waals surface area contributed by atoms with Gasteiger partial charge >= 0.3 is 5.97 Å². The molecule has 0 aliphatic heterocycles. The zero-order chi connectivity index (χ0) is 11.4. The molecule has 0 aromatic carbocycles. The smallest absolute Gasteiger partial charge is 0.322 e. The van der Waals surface area contributed by atoms with Crippen molar-refractivity contribution in [2.24, 2.45) is 0 Å². The quantitative estimate of drug-likeness (QED) is 0.843. The van der Waals surface area contributed by atoms with E-state index in [1.54, 1.807) is 0 Å². The number of hydrogen-bond donors (Lipinski definition) is 2. The van der Waals surface area contributed by atoms with Crippen molar-refractivity contribution in [2.45, 2.75) is 0 Å². The second kappa shape index (κ2) is 4.95. The van der Waals surface area contributed by atoms with Gasteiger partial charge in [0, 0.05) is 6.20 Å². The third-order valence-electron chi connectivity index (χ3n) is 1.42. The third kappa shape index (κ3) is 3.38. The predicted molar refractivity (Wildman–Crippen MR) is 54.2 cm³/mol. The number of nitrogens with one attached hydrogen (secondary N) is 1. The van der Waals surface area contributed by atoms with Crippen molar-refractivity contribution < 1.29 is 14.7 Å². The normalized spacial score (nSPS) is 9.73. The van der Waals surface area contributed by atoms with Crippen LogP contribution in [0.2, 0.25) is 10.0 Å². The number of amides is 1. The van der Waals surface area contributed by atoms with Crippen LogP contribution in [0, 0.1) is 0 Å². The molecule has 7 heteroatoms. The van der Waals surface area contributed by atoms with Gasteiger partial charge in [-0.05, 0) is 6.07 Å². The average molecular weight is 249 g/mol. The minimum absolute atomic E-state index is 0.0534. The summed E-state index contributed by atoms with van der Waals surface area (Å²) in [4.78, 5) is 25.2. The number of carboxylic acid groups (broad SMARTS) is 1. The van der Waals surface area contributed by atoms with E-state index in [9.17, 15) is 9.59 Å². The molecule has 0 radical (unpaired) electrons. The maximum atomic E-state index is 11.3. The van der Waals surface area contributed by atoms with Crippen molar-refractivity contribution >= 4 is 35.1 Å². The molecule has 1 aromatic rings. The molecule has 0 bridgehead atoms. The van der Waals surface area contributed by atoms with Gasteiger partial charge in [-0.25, -0.2) is 4.98 Å². The fraction of sp³-hybridized carbons (Fsp3) is 0.125. The minimum Gasteiger partial charge on any atom is -0.480 e. The van der Waals surface area contributed by atoms with E-state index < -0.39 is 18.4 Å². The zero-order valence-electron chi connectivity index (χ0n) is 7.33. The topological polar surface area (TPSA) is 79.3 Å². The van der Waals surface area contributed by atoms with Gasteiger partial charge in [0.15, 0.2) is 0 Å². The molecule has 1 rings (SSSR count). The number of carbonyl (C=O) groups excluding carboxylic acids is 1. The molecule has 1 aromatic heterocycles. The second-order valence-corrected chi connectivity index (χ2v) is 3.40. The first-order chi connectivity index (χ1) is 7.00. The number of aliphatic carboxylic acids is 1. The summed E-state index contributed by atoms with van der Waals surface area (Å²) in [6, 6.07) is 1.35. The summed E-state index contributed by atoms with van der Waals surface area (Å²) in [7, 11) is 0. The average Bonchev–Trinajstić information content (AvgIpc) is 2.14. The molecular formula is C8H6Cl2N2O3. The summed E-state index contributed by atoms with van der Waals surface area (Å²) in [5, 5.41) is 10.8. The number of carboxylic acids is 1. The van der Waals surface area contributed by atoms with Crippen LogP contribution in [0.5, 0.6) is 0 Å². The molecule has 1 heterocycles. The molecule has 0 aliphatic rings. The lowest BCUT2D eigenvalue weighted by atomic mass is 10.3. The molecule has 0 saturated heterocycles. The Bertz CT molecular complexity index is 409. The van der Waals surface area contributed by atoms with Gasteiger partial charge in [0.1, 0.15) is 12.2 Å². The SMILES string of the molecule is O=C(O)CNC(=O)c1ncc(Cl)cc1Cl. The van der Waals surface area contributed by atoms with Gasteiger partial charge in [0.25, 0.3) is 5.91 Å².